The number of nitrogens with one attached hydrogen (secondary N) is 1. The van der Waals surface area contributed by atoms with Crippen LogP contribution in [0.25, 0.3) is 0 Å². The SMILES string of the molecule is CCN(CC(=O)NC(C)(C)C)C(=O)COc1ccc(Br)cc1. The number of ether oxygens (including phenoxy) is 1. The van der Waals surface area contributed by atoms with E-state index in [2.05, 4.69) is 21.2 Å². The van der Waals surface area contributed by atoms with E-state index in [-0.39, 0.29) is 30.5 Å². The van der Waals surface area contributed by atoms with Crippen LogP contribution in [-0.2, 0) is 9.59 Å². The second-order valence-corrected chi connectivity index (χ2v) is 6.86. The average Bonchev–Trinajstić information content (AvgIpc) is 2.42. The largest absolute Gasteiger partial charge is 0.484 e. The first-order valence-corrected chi connectivity index (χ1v) is 7.97. The highest BCUT2D eigenvalue weighted by atomic mass is 79.9. The first-order valence-electron chi connectivity index (χ1n) is 7.18. The third kappa shape index (κ3) is 6.93. The molecule has 1 rings (SSSR count). The molecule has 1 aromatic carbocycles. The molecule has 0 bridgehead atoms. The van der Waals surface area contributed by atoms with Gasteiger partial charge in [0.05, 0.1) is 6.54 Å². The molecule has 0 aliphatic rings. The Labute approximate surface area is 140 Å². The Bertz CT molecular complexity index is 509. The smallest absolute Gasteiger partial charge is 0.260 e. The van der Waals surface area contributed by atoms with Crippen molar-refractivity contribution in [3.63, 3.8) is 0 Å². The molecule has 0 saturated carbocycles. The molecule has 0 saturated heterocycles. The summed E-state index contributed by atoms with van der Waals surface area (Å²) in [5.41, 5.74) is -0.312. The molecule has 1 N–H and O–H groups in total. The maximum absolute atomic E-state index is 12.1. The molecule has 0 atom stereocenters. The summed E-state index contributed by atoms with van der Waals surface area (Å²) in [6.45, 7) is 7.95. The van der Waals surface area contributed by atoms with E-state index in [1.165, 1.54) is 4.90 Å². The highest BCUT2D eigenvalue weighted by Gasteiger charge is 2.19. The zero-order valence-electron chi connectivity index (χ0n) is 13.5. The topological polar surface area (TPSA) is 58.6 Å². The van der Waals surface area contributed by atoms with Gasteiger partial charge >= 0.3 is 0 Å². The quantitative estimate of drug-likeness (QED) is 0.836. The second kappa shape index (κ2) is 8.17. The van der Waals surface area contributed by atoms with Gasteiger partial charge in [0.1, 0.15) is 5.75 Å². The molecule has 0 spiro atoms. The van der Waals surface area contributed by atoms with Crippen molar-refractivity contribution < 1.29 is 14.3 Å². The Balaban J connectivity index is 2.50. The van der Waals surface area contributed by atoms with Crippen LogP contribution in [0.5, 0.6) is 5.75 Å². The fraction of sp³-hybridized carbons (Fsp3) is 0.500. The number of halogens is 1. The van der Waals surface area contributed by atoms with Gasteiger partial charge < -0.3 is 15.0 Å². The molecule has 122 valence electrons. The molecule has 1 aromatic rings. The van der Waals surface area contributed by atoms with E-state index >= 15 is 0 Å². The Morgan fingerprint density at radius 1 is 1.23 bits per heavy atom. The number of carbonyl (C=O) groups is 2. The van der Waals surface area contributed by atoms with Crippen molar-refractivity contribution in [1.82, 2.24) is 10.2 Å². The lowest BCUT2D eigenvalue weighted by Crippen LogP contribution is -2.48. The minimum Gasteiger partial charge on any atom is -0.484 e. The van der Waals surface area contributed by atoms with Gasteiger partial charge in [-0.15, -0.1) is 0 Å². The lowest BCUT2D eigenvalue weighted by atomic mass is 10.1. The average molecular weight is 371 g/mol. The number of nitrogens with zero attached hydrogens (tertiary/aromatic N) is 1. The van der Waals surface area contributed by atoms with Gasteiger partial charge in [0.2, 0.25) is 5.91 Å². The highest BCUT2D eigenvalue weighted by Crippen LogP contribution is 2.16. The van der Waals surface area contributed by atoms with Gasteiger partial charge in [-0.05, 0) is 52.0 Å². The van der Waals surface area contributed by atoms with Gasteiger partial charge in [0.15, 0.2) is 6.61 Å². The van der Waals surface area contributed by atoms with E-state index in [1.54, 1.807) is 12.1 Å². The van der Waals surface area contributed by atoms with Gasteiger partial charge in [-0.25, -0.2) is 0 Å². The molecule has 0 unspecified atom stereocenters. The Kier molecular flexibility index (Phi) is 6.87. The molecule has 6 heteroatoms. The summed E-state index contributed by atoms with van der Waals surface area (Å²) in [6.07, 6.45) is 0. The van der Waals surface area contributed by atoms with Gasteiger partial charge in [0, 0.05) is 16.6 Å². The van der Waals surface area contributed by atoms with Crippen molar-refractivity contribution in [2.45, 2.75) is 33.2 Å². The fourth-order valence-electron chi connectivity index (χ4n) is 1.77. The second-order valence-electron chi connectivity index (χ2n) is 5.95. The van der Waals surface area contributed by atoms with Crippen LogP contribution in [0.2, 0.25) is 0 Å². The number of rotatable bonds is 6. The van der Waals surface area contributed by atoms with Gasteiger partial charge in [0.25, 0.3) is 5.91 Å². The van der Waals surface area contributed by atoms with Crippen LogP contribution in [0.3, 0.4) is 0 Å². The van der Waals surface area contributed by atoms with Crippen molar-refractivity contribution in [2.24, 2.45) is 0 Å². The lowest BCUT2D eigenvalue weighted by Gasteiger charge is -2.25. The molecule has 22 heavy (non-hydrogen) atoms. The summed E-state index contributed by atoms with van der Waals surface area (Å²) in [5, 5.41) is 2.84. The van der Waals surface area contributed by atoms with E-state index < -0.39 is 0 Å². The van der Waals surface area contributed by atoms with E-state index in [9.17, 15) is 9.59 Å². The van der Waals surface area contributed by atoms with Crippen LogP contribution < -0.4 is 10.1 Å². The standard InChI is InChI=1S/C16H23BrN2O3/c1-5-19(10-14(20)18-16(2,3)4)15(21)11-22-13-8-6-12(17)7-9-13/h6-9H,5,10-11H2,1-4H3,(H,18,20). The molecular weight excluding hydrogens is 348 g/mol. The number of likely N-dealkylation sites (N-methyl/N-ethyl adjacent to an activating group) is 1. The molecule has 5 nitrogen and oxygen atoms in total. The fourth-order valence-corrected chi connectivity index (χ4v) is 2.04. The third-order valence-electron chi connectivity index (χ3n) is 2.76. The summed E-state index contributed by atoms with van der Waals surface area (Å²) in [6, 6.07) is 7.24. The molecule has 0 fully saturated rings. The Hall–Kier alpha value is -1.56. The number of hydrogen-bond acceptors (Lipinski definition) is 3. The molecule has 0 aliphatic carbocycles. The summed E-state index contributed by atoms with van der Waals surface area (Å²) < 4.78 is 6.39. The highest BCUT2D eigenvalue weighted by molar-refractivity contribution is 9.10. The van der Waals surface area contributed by atoms with Crippen molar-refractivity contribution >= 4 is 27.7 Å². The number of amides is 2. The summed E-state index contributed by atoms with van der Waals surface area (Å²) in [5.74, 6) is 0.229. The van der Waals surface area contributed by atoms with Crippen molar-refractivity contribution in [2.75, 3.05) is 19.7 Å². The zero-order valence-corrected chi connectivity index (χ0v) is 15.1. The third-order valence-corrected chi connectivity index (χ3v) is 3.29. The first kappa shape index (κ1) is 18.5. The van der Waals surface area contributed by atoms with Gasteiger partial charge in [-0.2, -0.15) is 0 Å². The number of hydrogen-bond donors (Lipinski definition) is 1. The summed E-state index contributed by atoms with van der Waals surface area (Å²) in [7, 11) is 0. The minimum absolute atomic E-state index is 0.0380. The summed E-state index contributed by atoms with van der Waals surface area (Å²) >= 11 is 3.34. The molecule has 0 aliphatic heterocycles. The van der Waals surface area contributed by atoms with Crippen molar-refractivity contribution in [3.05, 3.63) is 28.7 Å². The molecule has 0 heterocycles. The predicted molar refractivity (Wildman–Crippen MR) is 89.8 cm³/mol. The van der Waals surface area contributed by atoms with Crippen LogP contribution in [0, 0.1) is 0 Å². The van der Waals surface area contributed by atoms with Crippen LogP contribution in [0.4, 0.5) is 0 Å². The van der Waals surface area contributed by atoms with Gasteiger partial charge in [-0.1, -0.05) is 15.9 Å². The predicted octanol–water partition coefficient (Wildman–Crippen LogP) is 2.59. The molecule has 0 aromatic heterocycles. The van der Waals surface area contributed by atoms with Gasteiger partial charge in [-0.3, -0.25) is 9.59 Å². The zero-order chi connectivity index (χ0) is 16.8. The number of carbonyl (C=O) groups excluding carboxylic acids is 2. The molecule has 2 amide bonds. The maximum Gasteiger partial charge on any atom is 0.260 e. The van der Waals surface area contributed by atoms with Crippen LogP contribution in [0.15, 0.2) is 28.7 Å². The first-order chi connectivity index (χ1) is 10.2. The monoisotopic (exact) mass is 370 g/mol. The maximum atomic E-state index is 12.1. The van der Waals surface area contributed by atoms with Crippen LogP contribution in [0.1, 0.15) is 27.7 Å². The van der Waals surface area contributed by atoms with Crippen LogP contribution >= 0.6 is 15.9 Å². The molecular formula is C16H23BrN2O3. The number of benzene rings is 1. The minimum atomic E-state index is -0.312. The normalized spacial score (nSPS) is 11.0. The Morgan fingerprint density at radius 3 is 2.32 bits per heavy atom. The van der Waals surface area contributed by atoms with Crippen molar-refractivity contribution in [1.29, 1.82) is 0 Å². The molecule has 0 radical (unpaired) electrons. The van der Waals surface area contributed by atoms with E-state index in [0.29, 0.717) is 12.3 Å². The lowest BCUT2D eigenvalue weighted by molar-refractivity contribution is -0.137. The van der Waals surface area contributed by atoms with E-state index in [0.717, 1.165) is 4.47 Å². The van der Waals surface area contributed by atoms with Crippen LogP contribution in [-0.4, -0.2) is 41.9 Å². The van der Waals surface area contributed by atoms with E-state index in [4.69, 9.17) is 4.74 Å². The van der Waals surface area contributed by atoms with E-state index in [1.807, 2.05) is 39.8 Å². The van der Waals surface area contributed by atoms with Crippen molar-refractivity contribution in [3.8, 4) is 5.75 Å². The Morgan fingerprint density at radius 2 is 1.82 bits per heavy atom. The summed E-state index contributed by atoms with van der Waals surface area (Å²) in [4.78, 5) is 25.5.